The van der Waals surface area contributed by atoms with E-state index in [1.165, 1.54) is 76.6 Å². The van der Waals surface area contributed by atoms with Gasteiger partial charge in [-0.1, -0.05) is 158 Å². The van der Waals surface area contributed by atoms with Crippen LogP contribution in [0, 0.1) is 0 Å². The minimum absolute atomic E-state index is 0.869. The summed E-state index contributed by atoms with van der Waals surface area (Å²) >= 11 is 0. The van der Waals surface area contributed by atoms with Crippen LogP contribution >= 0.6 is 0 Å². The highest BCUT2D eigenvalue weighted by Gasteiger charge is 2.22. The van der Waals surface area contributed by atoms with E-state index in [9.17, 15) is 0 Å². The molecule has 0 fully saturated rings. The first-order valence-electron chi connectivity index (χ1n) is 24.0. The van der Waals surface area contributed by atoms with Crippen molar-refractivity contribution < 1.29 is 4.42 Å². The maximum atomic E-state index is 7.07. The number of nitrogens with zero attached hydrogens (tertiary/aromatic N) is 3. The fourth-order valence-electron chi connectivity index (χ4n) is 11.5. The predicted molar refractivity (Wildman–Crippen MR) is 293 cm³/mol. The molecular formula is C66H41N3O. The summed E-state index contributed by atoms with van der Waals surface area (Å²) in [6.07, 6.45) is 0. The zero-order chi connectivity index (χ0) is 45.9. The number of benzene rings is 11. The second-order valence-electron chi connectivity index (χ2n) is 18.4. The molecule has 0 aliphatic rings. The number of para-hydroxylation sites is 6. The zero-order valence-electron chi connectivity index (χ0n) is 37.9. The fourth-order valence-corrected chi connectivity index (χ4v) is 11.5. The number of fused-ring (bicyclic) bond motifs is 12. The van der Waals surface area contributed by atoms with Crippen LogP contribution in [-0.2, 0) is 0 Å². The first kappa shape index (κ1) is 38.7. The molecule has 0 aliphatic heterocycles. The van der Waals surface area contributed by atoms with Crippen LogP contribution in [0.1, 0.15) is 0 Å². The lowest BCUT2D eigenvalue weighted by Crippen LogP contribution is -1.94. The van der Waals surface area contributed by atoms with Gasteiger partial charge in [0.05, 0.1) is 38.8 Å². The molecule has 15 rings (SSSR count). The number of furan rings is 1. The Morgan fingerprint density at radius 1 is 0.229 bits per heavy atom. The van der Waals surface area contributed by atoms with Crippen molar-refractivity contribution >= 4 is 87.4 Å². The molecule has 0 bridgehead atoms. The first-order valence-corrected chi connectivity index (χ1v) is 24.0. The maximum absolute atomic E-state index is 7.07. The Kier molecular flexibility index (Phi) is 8.33. The molecule has 0 unspecified atom stereocenters. The number of hydrogen-bond acceptors (Lipinski definition) is 1. The molecule has 0 amide bonds. The Morgan fingerprint density at radius 2 is 0.600 bits per heavy atom. The van der Waals surface area contributed by atoms with E-state index in [1.807, 2.05) is 0 Å². The fraction of sp³-hybridized carbons (Fsp3) is 0. The second kappa shape index (κ2) is 15.1. The average Bonchev–Trinajstić information content (AvgIpc) is 4.17. The molecule has 4 nitrogen and oxygen atoms in total. The first-order chi connectivity index (χ1) is 34.7. The molecule has 0 saturated carbocycles. The summed E-state index contributed by atoms with van der Waals surface area (Å²) < 4.78 is 14.2. The quantitative estimate of drug-likeness (QED) is 0.163. The summed E-state index contributed by atoms with van der Waals surface area (Å²) in [5.41, 5.74) is 19.0. The highest BCUT2D eigenvalue weighted by atomic mass is 16.3. The second-order valence-corrected chi connectivity index (χ2v) is 18.4. The molecule has 11 aromatic carbocycles. The Morgan fingerprint density at radius 3 is 1.10 bits per heavy atom. The predicted octanol–water partition coefficient (Wildman–Crippen LogP) is 17.9. The Labute approximate surface area is 402 Å². The van der Waals surface area contributed by atoms with Gasteiger partial charge in [0, 0.05) is 60.0 Å². The van der Waals surface area contributed by atoms with Crippen LogP contribution < -0.4 is 0 Å². The lowest BCUT2D eigenvalue weighted by Gasteiger charge is -2.10. The van der Waals surface area contributed by atoms with E-state index in [0.717, 1.165) is 61.2 Å². The van der Waals surface area contributed by atoms with Crippen LogP contribution in [0.5, 0.6) is 0 Å². The van der Waals surface area contributed by atoms with E-state index >= 15 is 0 Å². The highest BCUT2D eigenvalue weighted by molar-refractivity contribution is 6.17. The molecule has 0 radical (unpaired) electrons. The van der Waals surface area contributed by atoms with Crippen LogP contribution in [0.3, 0.4) is 0 Å². The summed E-state index contributed by atoms with van der Waals surface area (Å²) in [5, 5.41) is 9.51. The molecule has 326 valence electrons. The topological polar surface area (TPSA) is 27.9 Å². The van der Waals surface area contributed by atoms with Crippen molar-refractivity contribution in [2.75, 3.05) is 0 Å². The molecule has 0 spiro atoms. The van der Waals surface area contributed by atoms with Crippen LogP contribution in [0.4, 0.5) is 0 Å². The van der Waals surface area contributed by atoms with Gasteiger partial charge in [0.1, 0.15) is 5.58 Å². The number of rotatable bonds is 6. The number of aromatic nitrogens is 3. The highest BCUT2D eigenvalue weighted by Crippen LogP contribution is 2.44. The smallest absolute Gasteiger partial charge is 0.159 e. The van der Waals surface area contributed by atoms with Gasteiger partial charge in [0.2, 0.25) is 0 Å². The van der Waals surface area contributed by atoms with Gasteiger partial charge >= 0.3 is 0 Å². The largest absolute Gasteiger partial charge is 0.453 e. The average molecular weight is 892 g/mol. The van der Waals surface area contributed by atoms with Crippen molar-refractivity contribution in [3.05, 3.63) is 249 Å². The van der Waals surface area contributed by atoms with Crippen molar-refractivity contribution in [2.24, 2.45) is 0 Å². The van der Waals surface area contributed by atoms with Gasteiger partial charge in [-0.3, -0.25) is 0 Å². The minimum Gasteiger partial charge on any atom is -0.453 e. The van der Waals surface area contributed by atoms with Gasteiger partial charge in [-0.2, -0.15) is 0 Å². The van der Waals surface area contributed by atoms with Gasteiger partial charge in [-0.05, 0) is 119 Å². The Hall–Kier alpha value is -9.38. The maximum Gasteiger partial charge on any atom is 0.159 e. The van der Waals surface area contributed by atoms with E-state index in [0.29, 0.717) is 0 Å². The molecule has 0 aliphatic carbocycles. The molecule has 4 aromatic heterocycles. The van der Waals surface area contributed by atoms with E-state index in [1.54, 1.807) is 0 Å². The molecule has 70 heavy (non-hydrogen) atoms. The van der Waals surface area contributed by atoms with E-state index < -0.39 is 0 Å². The van der Waals surface area contributed by atoms with Crippen LogP contribution in [0.2, 0.25) is 0 Å². The molecule has 0 atom stereocenters. The van der Waals surface area contributed by atoms with Gasteiger partial charge in [-0.15, -0.1) is 0 Å². The zero-order valence-corrected chi connectivity index (χ0v) is 37.9. The lowest BCUT2D eigenvalue weighted by atomic mass is 9.98. The summed E-state index contributed by atoms with van der Waals surface area (Å²) in [5.74, 6) is 0. The Balaban J connectivity index is 0.960. The van der Waals surface area contributed by atoms with Crippen molar-refractivity contribution in [1.82, 2.24) is 13.7 Å². The molecule has 4 heterocycles. The van der Waals surface area contributed by atoms with Gasteiger partial charge < -0.3 is 18.1 Å². The summed E-state index contributed by atoms with van der Waals surface area (Å²) in [6.45, 7) is 0. The lowest BCUT2D eigenvalue weighted by molar-refractivity contribution is 0.667. The summed E-state index contributed by atoms with van der Waals surface area (Å²) in [6, 6.07) is 90.4. The molecule has 0 saturated heterocycles. The normalized spacial score (nSPS) is 12.0. The Bertz CT molecular complexity index is 4360. The third kappa shape index (κ3) is 5.71. The van der Waals surface area contributed by atoms with E-state index in [2.05, 4.69) is 262 Å². The van der Waals surface area contributed by atoms with Gasteiger partial charge in [0.25, 0.3) is 0 Å². The van der Waals surface area contributed by atoms with E-state index in [-0.39, 0.29) is 0 Å². The van der Waals surface area contributed by atoms with Gasteiger partial charge in [0.15, 0.2) is 5.58 Å². The number of hydrogen-bond donors (Lipinski definition) is 0. The van der Waals surface area contributed by atoms with Crippen molar-refractivity contribution in [3.63, 3.8) is 0 Å². The SMILES string of the molecule is c1ccc(-c2cccc3c2oc2c(-n4c5ccc(-c6ccc7c(c6)c6ccccc6n7-c6ccccc6)cc5c5cc(-c6ccc7c(c6)c6ccccc6n7-c6ccccc6)ccc54)cccc23)cc1. The van der Waals surface area contributed by atoms with Crippen molar-refractivity contribution in [2.45, 2.75) is 0 Å². The van der Waals surface area contributed by atoms with E-state index in [4.69, 9.17) is 4.42 Å². The van der Waals surface area contributed by atoms with Crippen molar-refractivity contribution in [3.8, 4) is 50.4 Å². The molecular weight excluding hydrogens is 851 g/mol. The summed E-state index contributed by atoms with van der Waals surface area (Å²) in [7, 11) is 0. The monoisotopic (exact) mass is 891 g/mol. The van der Waals surface area contributed by atoms with Crippen LogP contribution in [-0.4, -0.2) is 13.7 Å². The standard InChI is InChI=1S/C66H41N3O/c1-4-16-42(17-5-1)49-24-14-25-52-53-26-15-29-64(66(53)70-65(49)52)69-62-36-32-45(43-30-34-60-54(38-43)50-22-10-12-27-58(50)67(60)47-18-6-2-7-19-47)40-56(62)57-41-46(33-37-63(57)69)44-31-35-61-55(39-44)51-23-11-13-28-59(51)68(61)48-20-8-3-9-21-48/h1-41H. The van der Waals surface area contributed by atoms with Crippen LogP contribution in [0.15, 0.2) is 253 Å². The van der Waals surface area contributed by atoms with Gasteiger partial charge in [-0.25, -0.2) is 0 Å². The third-order valence-corrected chi connectivity index (χ3v) is 14.6. The van der Waals surface area contributed by atoms with Crippen molar-refractivity contribution in [1.29, 1.82) is 0 Å². The summed E-state index contributed by atoms with van der Waals surface area (Å²) in [4.78, 5) is 0. The minimum atomic E-state index is 0.869. The molecule has 15 aromatic rings. The third-order valence-electron chi connectivity index (χ3n) is 14.6. The molecule has 4 heteroatoms. The molecule has 0 N–H and O–H groups in total. The van der Waals surface area contributed by atoms with Crippen LogP contribution in [0.25, 0.3) is 138 Å².